The van der Waals surface area contributed by atoms with Crippen molar-refractivity contribution >= 4 is 33.1 Å². The molecule has 0 saturated heterocycles. The maximum absolute atomic E-state index is 13.1. The molecule has 2 aromatic carbocycles. The molecule has 0 bridgehead atoms. The molecule has 5 rings (SSSR count). The monoisotopic (exact) mass is 398 g/mol. The van der Waals surface area contributed by atoms with Crippen LogP contribution in [-0.2, 0) is 6.54 Å². The van der Waals surface area contributed by atoms with Gasteiger partial charge in [0.15, 0.2) is 0 Å². The van der Waals surface area contributed by atoms with Crippen molar-refractivity contribution in [1.29, 1.82) is 0 Å². The highest BCUT2D eigenvalue weighted by Gasteiger charge is 2.17. The van der Waals surface area contributed by atoms with E-state index in [1.165, 1.54) is 0 Å². The Morgan fingerprint density at radius 1 is 1.03 bits per heavy atom. The number of hydrogen-bond acceptors (Lipinski definition) is 3. The second-order valence-corrected chi connectivity index (χ2v) is 7.69. The van der Waals surface area contributed by atoms with Crippen molar-refractivity contribution in [2.45, 2.75) is 6.54 Å². The molecule has 3 aromatic heterocycles. The summed E-state index contributed by atoms with van der Waals surface area (Å²) in [6.07, 6.45) is 5.37. The fraction of sp³-hybridized carbons (Fsp3) is 0.0435. The Morgan fingerprint density at radius 3 is 2.62 bits per heavy atom. The number of carbonyl (C=O) groups is 1. The molecule has 0 fully saturated rings. The van der Waals surface area contributed by atoms with Crippen LogP contribution in [0, 0.1) is 0 Å². The predicted molar refractivity (Wildman–Crippen MR) is 117 cm³/mol. The summed E-state index contributed by atoms with van der Waals surface area (Å²) in [4.78, 5) is 17.1. The summed E-state index contributed by atoms with van der Waals surface area (Å²) >= 11 is 1.65. The summed E-state index contributed by atoms with van der Waals surface area (Å²) in [5.74, 6) is -0.111. The van der Waals surface area contributed by atoms with E-state index in [0.29, 0.717) is 12.2 Å². The van der Waals surface area contributed by atoms with Crippen molar-refractivity contribution in [2.75, 3.05) is 5.32 Å². The number of carbonyl (C=O) groups excluding carboxylic acids is 1. The van der Waals surface area contributed by atoms with Gasteiger partial charge < -0.3 is 14.5 Å². The number of rotatable bonds is 5. The maximum Gasteiger partial charge on any atom is 0.272 e. The van der Waals surface area contributed by atoms with Crippen LogP contribution in [0.3, 0.4) is 0 Å². The summed E-state index contributed by atoms with van der Waals surface area (Å²) in [5.41, 5.74) is 4.66. The number of nitrogens with zero attached hydrogens (tertiary/aromatic N) is 3. The van der Waals surface area contributed by atoms with E-state index >= 15 is 0 Å². The molecule has 0 spiro atoms. The van der Waals surface area contributed by atoms with E-state index in [-0.39, 0.29) is 5.91 Å². The van der Waals surface area contributed by atoms with Gasteiger partial charge in [0.1, 0.15) is 5.69 Å². The van der Waals surface area contributed by atoms with Crippen LogP contribution in [0.15, 0.2) is 90.8 Å². The Kier molecular flexibility index (Phi) is 4.46. The first-order valence-corrected chi connectivity index (χ1v) is 10.2. The highest BCUT2D eigenvalue weighted by Crippen LogP contribution is 2.27. The molecule has 0 aliphatic rings. The number of imidazole rings is 1. The Hall–Kier alpha value is -3.64. The van der Waals surface area contributed by atoms with Gasteiger partial charge in [0, 0.05) is 30.3 Å². The van der Waals surface area contributed by atoms with E-state index in [1.54, 1.807) is 23.9 Å². The van der Waals surface area contributed by atoms with E-state index in [2.05, 4.69) is 38.4 Å². The Labute approximate surface area is 171 Å². The van der Waals surface area contributed by atoms with Crippen LogP contribution in [-0.4, -0.2) is 20.0 Å². The molecule has 6 heteroatoms. The topological polar surface area (TPSA) is 51.9 Å². The van der Waals surface area contributed by atoms with Crippen molar-refractivity contribution in [2.24, 2.45) is 0 Å². The third-order valence-corrected chi connectivity index (χ3v) is 5.72. The van der Waals surface area contributed by atoms with Gasteiger partial charge in [-0.05, 0) is 47.3 Å². The van der Waals surface area contributed by atoms with Crippen LogP contribution >= 0.6 is 11.3 Å². The number of amides is 1. The van der Waals surface area contributed by atoms with Crippen LogP contribution < -0.4 is 5.32 Å². The van der Waals surface area contributed by atoms with Crippen molar-refractivity contribution in [3.8, 4) is 5.69 Å². The molecule has 5 nitrogen and oxygen atoms in total. The molecule has 1 amide bonds. The van der Waals surface area contributed by atoms with Crippen LogP contribution in [0.1, 0.15) is 16.1 Å². The Morgan fingerprint density at radius 2 is 1.86 bits per heavy atom. The van der Waals surface area contributed by atoms with Crippen LogP contribution in [0.2, 0.25) is 0 Å². The molecule has 0 saturated carbocycles. The van der Waals surface area contributed by atoms with Crippen molar-refractivity contribution in [1.82, 2.24) is 14.1 Å². The second kappa shape index (κ2) is 7.41. The first-order valence-electron chi connectivity index (χ1n) is 9.28. The van der Waals surface area contributed by atoms with Gasteiger partial charge in [-0.25, -0.2) is 4.98 Å². The second-order valence-electron chi connectivity index (χ2n) is 6.74. The summed E-state index contributed by atoms with van der Waals surface area (Å²) < 4.78 is 5.11. The highest BCUT2D eigenvalue weighted by atomic mass is 32.1. The predicted octanol–water partition coefficient (Wildman–Crippen LogP) is 5.19. The quantitative estimate of drug-likeness (QED) is 0.443. The number of benzene rings is 2. The van der Waals surface area contributed by atoms with E-state index in [4.69, 9.17) is 0 Å². The minimum Gasteiger partial charge on any atom is -0.331 e. The van der Waals surface area contributed by atoms with Crippen molar-refractivity contribution in [3.63, 3.8) is 0 Å². The molecular formula is C23H18N4OS. The SMILES string of the molecule is O=C(Nc1ccc(-n2ccnc2)cc1)c1cc2sccc2n1Cc1ccccc1. The Bertz CT molecular complexity index is 1250. The number of nitrogens with one attached hydrogen (secondary N) is 1. The van der Waals surface area contributed by atoms with Gasteiger partial charge in [0.2, 0.25) is 0 Å². The van der Waals surface area contributed by atoms with Gasteiger partial charge in [-0.2, -0.15) is 0 Å². The first kappa shape index (κ1) is 17.5. The number of thiophene rings is 1. The van der Waals surface area contributed by atoms with Gasteiger partial charge in [-0.1, -0.05) is 30.3 Å². The number of aromatic nitrogens is 3. The standard InChI is InChI=1S/C23H18N4OS/c28-23(25-18-6-8-19(9-7-18)26-12-11-24-16-26)21-14-22-20(10-13-29-22)27(21)15-17-4-2-1-3-5-17/h1-14,16H,15H2,(H,25,28). The molecule has 0 atom stereocenters. The van der Waals surface area contributed by atoms with Gasteiger partial charge in [-0.15, -0.1) is 11.3 Å². The maximum atomic E-state index is 13.1. The normalized spacial score (nSPS) is 11.0. The summed E-state index contributed by atoms with van der Waals surface area (Å²) in [6.45, 7) is 0.656. The first-order chi connectivity index (χ1) is 14.3. The highest BCUT2D eigenvalue weighted by molar-refractivity contribution is 7.17. The van der Waals surface area contributed by atoms with Gasteiger partial charge in [0.05, 0.1) is 16.5 Å². The van der Waals surface area contributed by atoms with Crippen molar-refractivity contribution in [3.05, 3.63) is 102 Å². The van der Waals surface area contributed by atoms with E-state index < -0.39 is 0 Å². The lowest BCUT2D eigenvalue weighted by atomic mass is 10.2. The van der Waals surface area contributed by atoms with Crippen LogP contribution in [0.4, 0.5) is 5.69 Å². The average molecular weight is 398 g/mol. The third-order valence-electron chi connectivity index (χ3n) is 4.87. The Balaban J connectivity index is 1.42. The van der Waals surface area contributed by atoms with Crippen LogP contribution in [0.25, 0.3) is 15.9 Å². The van der Waals surface area contributed by atoms with Gasteiger partial charge >= 0.3 is 0 Å². The van der Waals surface area contributed by atoms with Gasteiger partial charge in [0.25, 0.3) is 5.91 Å². The summed E-state index contributed by atoms with van der Waals surface area (Å²) in [6, 6.07) is 22.0. The lowest BCUT2D eigenvalue weighted by molar-refractivity contribution is 0.101. The number of hydrogen-bond donors (Lipinski definition) is 1. The van der Waals surface area contributed by atoms with E-state index in [9.17, 15) is 4.79 Å². The minimum atomic E-state index is -0.111. The smallest absolute Gasteiger partial charge is 0.272 e. The average Bonchev–Trinajstić information content (AvgIpc) is 3.48. The zero-order valence-electron chi connectivity index (χ0n) is 15.5. The molecule has 142 valence electrons. The van der Waals surface area contributed by atoms with Crippen LogP contribution in [0.5, 0.6) is 0 Å². The summed E-state index contributed by atoms with van der Waals surface area (Å²) in [7, 11) is 0. The molecular weight excluding hydrogens is 380 g/mol. The number of anilines is 1. The molecule has 0 radical (unpaired) electrons. The zero-order valence-corrected chi connectivity index (χ0v) is 16.3. The molecule has 29 heavy (non-hydrogen) atoms. The molecule has 3 heterocycles. The molecule has 1 N–H and O–H groups in total. The zero-order chi connectivity index (χ0) is 19.6. The minimum absolute atomic E-state index is 0.111. The van der Waals surface area contributed by atoms with Gasteiger partial charge in [-0.3, -0.25) is 4.79 Å². The summed E-state index contributed by atoms with van der Waals surface area (Å²) in [5, 5.41) is 5.09. The lowest BCUT2D eigenvalue weighted by Gasteiger charge is -2.11. The molecule has 0 aliphatic carbocycles. The lowest BCUT2D eigenvalue weighted by Crippen LogP contribution is -2.17. The fourth-order valence-electron chi connectivity index (χ4n) is 3.43. The molecule has 5 aromatic rings. The van der Waals surface area contributed by atoms with E-state index in [1.807, 2.05) is 59.3 Å². The number of fused-ring (bicyclic) bond motifs is 1. The largest absolute Gasteiger partial charge is 0.331 e. The van der Waals surface area contributed by atoms with Crippen molar-refractivity contribution < 1.29 is 4.79 Å². The third kappa shape index (κ3) is 3.46. The molecule has 0 unspecified atom stereocenters. The molecule has 0 aliphatic heterocycles. The van der Waals surface area contributed by atoms with E-state index in [0.717, 1.165) is 27.2 Å². The fourth-order valence-corrected chi connectivity index (χ4v) is 4.25.